The molecule has 0 bridgehead atoms. The Morgan fingerprint density at radius 1 is 0.694 bits per heavy atom. The van der Waals surface area contributed by atoms with Crippen LogP contribution in [0.5, 0.6) is 0 Å². The lowest BCUT2D eigenvalue weighted by Crippen LogP contribution is -2.54. The van der Waals surface area contributed by atoms with Crippen molar-refractivity contribution in [1.29, 1.82) is 5.41 Å². The van der Waals surface area contributed by atoms with Crippen molar-refractivity contribution in [2.24, 2.45) is 5.73 Å². The number of hydrogen-bond donors (Lipinski definition) is 5. The molecule has 4 aromatic carbocycles. The molecule has 0 aliphatic rings. The number of nitrogens with two attached hydrogens (primary N) is 1. The Balaban J connectivity index is 1.48. The minimum absolute atomic E-state index is 0.0594. The number of amidine groups is 1. The third-order valence-corrected chi connectivity index (χ3v) is 9.00. The molecular formula is C37H41N5O6S. The number of carbonyl (C=O) groups excluding carboxylic acids is 3. The molecule has 12 heteroatoms. The van der Waals surface area contributed by atoms with E-state index in [2.05, 4.69) is 15.4 Å². The van der Waals surface area contributed by atoms with Crippen LogP contribution in [0.2, 0.25) is 0 Å². The SMILES string of the molecule is N=C(N)c1ccc(CNC(=O)[C@H](CCC(=O)OCc2ccccc2)NC(=O)[C@@H](CCc2ccccc2)NS(=O)(=O)Cc2ccccc2)cc1. The van der Waals surface area contributed by atoms with Crippen LogP contribution in [0.1, 0.15) is 47.1 Å². The van der Waals surface area contributed by atoms with Gasteiger partial charge in [0.1, 0.15) is 24.5 Å². The number of amides is 2. The average molecular weight is 684 g/mol. The summed E-state index contributed by atoms with van der Waals surface area (Å²) in [6, 6.07) is 31.5. The van der Waals surface area contributed by atoms with Gasteiger partial charge in [-0.3, -0.25) is 19.8 Å². The Kier molecular flexibility index (Phi) is 13.6. The number of nitrogens with one attached hydrogen (secondary N) is 4. The van der Waals surface area contributed by atoms with E-state index in [0.29, 0.717) is 17.5 Å². The van der Waals surface area contributed by atoms with Gasteiger partial charge in [0.05, 0.1) is 5.75 Å². The zero-order valence-electron chi connectivity index (χ0n) is 27.0. The summed E-state index contributed by atoms with van der Waals surface area (Å²) in [6.07, 6.45) is 0.259. The number of aryl methyl sites for hydroxylation is 1. The number of hydrogen-bond acceptors (Lipinski definition) is 7. The molecule has 0 aromatic heterocycles. The Bertz CT molecular complexity index is 1790. The summed E-state index contributed by atoms with van der Waals surface area (Å²) < 4.78 is 34.4. The summed E-state index contributed by atoms with van der Waals surface area (Å²) in [4.78, 5) is 39.9. The minimum atomic E-state index is -3.96. The van der Waals surface area contributed by atoms with Crippen LogP contribution in [0.15, 0.2) is 115 Å². The molecule has 0 saturated carbocycles. The number of ether oxygens (including phenoxy) is 1. The molecule has 0 aliphatic heterocycles. The highest BCUT2D eigenvalue weighted by Crippen LogP contribution is 2.12. The third kappa shape index (κ3) is 12.7. The first kappa shape index (κ1) is 36.5. The number of carbonyl (C=O) groups is 3. The molecule has 4 rings (SSSR count). The van der Waals surface area contributed by atoms with Crippen LogP contribution in [-0.2, 0) is 54.5 Å². The highest BCUT2D eigenvalue weighted by Gasteiger charge is 2.29. The van der Waals surface area contributed by atoms with E-state index in [1.54, 1.807) is 54.6 Å². The molecule has 2 atom stereocenters. The largest absolute Gasteiger partial charge is 0.461 e. The Hall–Kier alpha value is -5.33. The van der Waals surface area contributed by atoms with Crippen molar-refractivity contribution in [1.82, 2.24) is 15.4 Å². The molecule has 11 nitrogen and oxygen atoms in total. The van der Waals surface area contributed by atoms with Crippen molar-refractivity contribution in [3.8, 4) is 0 Å². The normalized spacial score (nSPS) is 12.3. The Morgan fingerprint density at radius 2 is 1.27 bits per heavy atom. The van der Waals surface area contributed by atoms with Gasteiger partial charge in [0.2, 0.25) is 21.8 Å². The van der Waals surface area contributed by atoms with Crippen LogP contribution >= 0.6 is 0 Å². The second kappa shape index (κ2) is 18.3. The molecule has 0 spiro atoms. The van der Waals surface area contributed by atoms with Gasteiger partial charge in [-0.15, -0.1) is 0 Å². The van der Waals surface area contributed by atoms with Crippen molar-refractivity contribution >= 4 is 33.6 Å². The zero-order chi connectivity index (χ0) is 35.1. The maximum Gasteiger partial charge on any atom is 0.306 e. The second-order valence-electron chi connectivity index (χ2n) is 11.5. The fourth-order valence-corrected chi connectivity index (χ4v) is 6.35. The quantitative estimate of drug-likeness (QED) is 0.0602. The van der Waals surface area contributed by atoms with Crippen molar-refractivity contribution in [3.05, 3.63) is 143 Å². The summed E-state index contributed by atoms with van der Waals surface area (Å²) in [5.74, 6) is -2.23. The zero-order valence-corrected chi connectivity index (χ0v) is 27.8. The average Bonchev–Trinajstić information content (AvgIpc) is 3.11. The molecule has 0 radical (unpaired) electrons. The second-order valence-corrected chi connectivity index (χ2v) is 13.3. The van der Waals surface area contributed by atoms with Gasteiger partial charge in [-0.1, -0.05) is 115 Å². The van der Waals surface area contributed by atoms with E-state index in [9.17, 15) is 22.8 Å². The number of sulfonamides is 1. The van der Waals surface area contributed by atoms with E-state index >= 15 is 0 Å². The summed E-state index contributed by atoms with van der Waals surface area (Å²) in [5.41, 5.74) is 9.06. The van der Waals surface area contributed by atoms with Crippen LogP contribution in [-0.4, -0.2) is 44.1 Å². The lowest BCUT2D eigenvalue weighted by atomic mass is 10.0. The van der Waals surface area contributed by atoms with Crippen molar-refractivity contribution in [2.45, 2.75) is 56.7 Å². The first-order valence-corrected chi connectivity index (χ1v) is 17.5. The van der Waals surface area contributed by atoms with Crippen LogP contribution < -0.4 is 21.1 Å². The van der Waals surface area contributed by atoms with Crippen molar-refractivity contribution < 1.29 is 27.5 Å². The van der Waals surface area contributed by atoms with Gasteiger partial charge >= 0.3 is 5.97 Å². The maximum atomic E-state index is 13.8. The molecule has 0 saturated heterocycles. The molecule has 0 aliphatic carbocycles. The van der Waals surface area contributed by atoms with E-state index < -0.39 is 39.9 Å². The topological polar surface area (TPSA) is 181 Å². The van der Waals surface area contributed by atoms with Crippen molar-refractivity contribution in [2.75, 3.05) is 0 Å². The van der Waals surface area contributed by atoms with Gasteiger partial charge in [0, 0.05) is 18.5 Å². The van der Waals surface area contributed by atoms with Gasteiger partial charge in [-0.2, -0.15) is 0 Å². The molecule has 0 unspecified atom stereocenters. The predicted octanol–water partition coefficient (Wildman–Crippen LogP) is 3.72. The fraction of sp³-hybridized carbons (Fsp3) is 0.243. The van der Waals surface area contributed by atoms with Crippen LogP contribution in [0, 0.1) is 5.41 Å². The summed E-state index contributed by atoms with van der Waals surface area (Å²) in [5, 5.41) is 13.0. The predicted molar refractivity (Wildman–Crippen MR) is 187 cm³/mol. The summed E-state index contributed by atoms with van der Waals surface area (Å²) in [7, 11) is -3.96. The Morgan fingerprint density at radius 3 is 1.86 bits per heavy atom. The third-order valence-electron chi connectivity index (χ3n) is 7.65. The number of benzene rings is 4. The van der Waals surface area contributed by atoms with Gasteiger partial charge in [-0.25, -0.2) is 13.1 Å². The fourth-order valence-electron chi connectivity index (χ4n) is 4.98. The minimum Gasteiger partial charge on any atom is -0.461 e. The monoisotopic (exact) mass is 683 g/mol. The van der Waals surface area contributed by atoms with Gasteiger partial charge in [-0.05, 0) is 41.5 Å². The van der Waals surface area contributed by atoms with Crippen LogP contribution in [0.3, 0.4) is 0 Å². The lowest BCUT2D eigenvalue weighted by Gasteiger charge is -2.23. The van der Waals surface area contributed by atoms with Crippen LogP contribution in [0.25, 0.3) is 0 Å². The Labute approximate surface area is 286 Å². The van der Waals surface area contributed by atoms with E-state index in [4.69, 9.17) is 15.9 Å². The molecule has 4 aromatic rings. The smallest absolute Gasteiger partial charge is 0.306 e. The lowest BCUT2D eigenvalue weighted by molar-refractivity contribution is -0.145. The molecule has 6 N–H and O–H groups in total. The van der Waals surface area contributed by atoms with E-state index in [1.165, 1.54) is 0 Å². The molecule has 256 valence electrons. The van der Waals surface area contributed by atoms with Gasteiger partial charge in [0.25, 0.3) is 0 Å². The number of nitrogen functional groups attached to an aromatic ring is 1. The molecule has 0 heterocycles. The van der Waals surface area contributed by atoms with Crippen LogP contribution in [0.4, 0.5) is 0 Å². The molecule has 0 fully saturated rings. The van der Waals surface area contributed by atoms with Gasteiger partial charge < -0.3 is 21.1 Å². The van der Waals surface area contributed by atoms with E-state index in [0.717, 1.165) is 16.7 Å². The standard InChI is InChI=1S/C37H41N5O6S/c38-35(39)31-19-16-28(17-20-31)24-40-36(44)32(22-23-34(43)48-25-29-12-6-2-7-13-29)41-37(45)33(21-18-27-10-4-1-5-11-27)42-49(46,47)26-30-14-8-3-9-15-30/h1-17,19-20,32-33,42H,18,21-26H2,(H3,38,39)(H,40,44)(H,41,45)/t32-,33+/m0/s1. The van der Waals surface area contributed by atoms with E-state index in [-0.39, 0.29) is 44.0 Å². The number of rotatable bonds is 18. The van der Waals surface area contributed by atoms with E-state index in [1.807, 2.05) is 60.7 Å². The molecule has 49 heavy (non-hydrogen) atoms. The van der Waals surface area contributed by atoms with Gasteiger partial charge in [0.15, 0.2) is 0 Å². The molecule has 2 amide bonds. The first-order chi connectivity index (χ1) is 23.6. The number of esters is 1. The molecular weight excluding hydrogens is 643 g/mol. The highest BCUT2D eigenvalue weighted by molar-refractivity contribution is 7.88. The van der Waals surface area contributed by atoms with Crippen molar-refractivity contribution in [3.63, 3.8) is 0 Å². The maximum absolute atomic E-state index is 13.8. The first-order valence-electron chi connectivity index (χ1n) is 15.9. The summed E-state index contributed by atoms with van der Waals surface area (Å²) >= 11 is 0. The summed E-state index contributed by atoms with van der Waals surface area (Å²) in [6.45, 7) is 0.160. The highest BCUT2D eigenvalue weighted by atomic mass is 32.2.